The van der Waals surface area contributed by atoms with Crippen molar-refractivity contribution in [1.82, 2.24) is 14.9 Å². The van der Waals surface area contributed by atoms with Gasteiger partial charge in [-0.1, -0.05) is 0 Å². The number of nitrogens with one attached hydrogen (secondary N) is 3. The first-order valence-corrected chi connectivity index (χ1v) is 7.28. The average Bonchev–Trinajstić information content (AvgIpc) is 3.14. The van der Waals surface area contributed by atoms with Crippen molar-refractivity contribution < 1.29 is 9.21 Å². The molecule has 3 aromatic rings. The second kappa shape index (κ2) is 6.13. The number of imidazole rings is 1. The summed E-state index contributed by atoms with van der Waals surface area (Å²) in [6.45, 7) is 2.38. The third-order valence-corrected chi connectivity index (χ3v) is 3.81. The predicted octanol–water partition coefficient (Wildman–Crippen LogP) is 1.91. The van der Waals surface area contributed by atoms with E-state index in [1.807, 2.05) is 31.0 Å². The fraction of sp³-hybridized carbons (Fsp3) is 0.250. The van der Waals surface area contributed by atoms with Crippen molar-refractivity contribution in [3.63, 3.8) is 0 Å². The summed E-state index contributed by atoms with van der Waals surface area (Å²) in [6, 6.07) is 8.59. The molecule has 1 atom stereocenters. The van der Waals surface area contributed by atoms with Gasteiger partial charge in [0.15, 0.2) is 0 Å². The minimum atomic E-state index is -0.332. The molecule has 7 heteroatoms. The fourth-order valence-electron chi connectivity index (χ4n) is 2.34. The van der Waals surface area contributed by atoms with Crippen LogP contribution in [0.2, 0.25) is 0 Å². The standard InChI is InChI=1S/C16H18N4O3/c1-10(20(2)9-12-4-3-7-23-12)15(21)17-11-5-6-13-14(8-11)19-16(22)18-13/h3-8,10H,9H2,1-2H3,(H,17,21)(H2,18,19,22)/t10-/m1/s1. The molecule has 3 N–H and O–H groups in total. The summed E-state index contributed by atoms with van der Waals surface area (Å²) in [7, 11) is 1.86. The topological polar surface area (TPSA) is 94.1 Å². The summed E-state index contributed by atoms with van der Waals surface area (Å²) in [5.74, 6) is 0.676. The number of aromatic amines is 2. The molecule has 2 heterocycles. The maximum Gasteiger partial charge on any atom is 0.323 e. The highest BCUT2D eigenvalue weighted by Crippen LogP contribution is 2.15. The molecule has 0 aliphatic heterocycles. The van der Waals surface area contributed by atoms with E-state index in [2.05, 4.69) is 15.3 Å². The highest BCUT2D eigenvalue weighted by atomic mass is 16.3. The van der Waals surface area contributed by atoms with Crippen LogP contribution in [0.15, 0.2) is 45.8 Å². The molecule has 7 nitrogen and oxygen atoms in total. The number of nitrogens with zero attached hydrogens (tertiary/aromatic N) is 1. The Bertz CT molecular complexity index is 863. The molecule has 3 rings (SSSR count). The Labute approximate surface area is 132 Å². The molecule has 23 heavy (non-hydrogen) atoms. The molecule has 0 aliphatic carbocycles. The summed E-state index contributed by atoms with van der Waals surface area (Å²) in [5.41, 5.74) is 1.73. The zero-order valence-electron chi connectivity index (χ0n) is 12.9. The van der Waals surface area contributed by atoms with Gasteiger partial charge in [0.2, 0.25) is 5.91 Å². The van der Waals surface area contributed by atoms with Crippen LogP contribution in [0.3, 0.4) is 0 Å². The van der Waals surface area contributed by atoms with Crippen molar-refractivity contribution in [3.05, 3.63) is 52.8 Å². The lowest BCUT2D eigenvalue weighted by molar-refractivity contribution is -0.120. The quantitative estimate of drug-likeness (QED) is 0.670. The number of rotatable bonds is 5. The third kappa shape index (κ3) is 3.35. The number of furan rings is 1. The van der Waals surface area contributed by atoms with E-state index in [0.29, 0.717) is 23.3 Å². The highest BCUT2D eigenvalue weighted by molar-refractivity contribution is 5.96. The monoisotopic (exact) mass is 314 g/mol. The summed E-state index contributed by atoms with van der Waals surface area (Å²) in [4.78, 5) is 30.8. The predicted molar refractivity (Wildman–Crippen MR) is 87.2 cm³/mol. The number of likely N-dealkylation sites (N-methyl/N-ethyl adjacent to an activating group) is 1. The maximum atomic E-state index is 12.4. The molecule has 0 fully saturated rings. The van der Waals surface area contributed by atoms with E-state index in [4.69, 9.17) is 4.42 Å². The van der Waals surface area contributed by atoms with E-state index in [-0.39, 0.29) is 17.6 Å². The van der Waals surface area contributed by atoms with Crippen molar-refractivity contribution in [2.24, 2.45) is 0 Å². The van der Waals surface area contributed by atoms with Crippen molar-refractivity contribution in [2.75, 3.05) is 12.4 Å². The molecule has 2 aromatic heterocycles. The molecule has 0 bridgehead atoms. The first-order valence-electron chi connectivity index (χ1n) is 7.28. The maximum absolute atomic E-state index is 12.4. The molecule has 0 radical (unpaired) electrons. The lowest BCUT2D eigenvalue weighted by atomic mass is 10.2. The average molecular weight is 314 g/mol. The minimum Gasteiger partial charge on any atom is -0.468 e. The van der Waals surface area contributed by atoms with Crippen LogP contribution < -0.4 is 11.0 Å². The Morgan fingerprint density at radius 1 is 1.30 bits per heavy atom. The number of H-pyrrole nitrogens is 2. The SMILES string of the molecule is C[C@H](C(=O)Nc1ccc2[nH]c(=O)[nH]c2c1)N(C)Cc1ccco1. The van der Waals surface area contributed by atoms with Crippen LogP contribution in [-0.2, 0) is 11.3 Å². The van der Waals surface area contributed by atoms with Gasteiger partial charge in [0.1, 0.15) is 5.76 Å². The van der Waals surface area contributed by atoms with Crippen molar-refractivity contribution >= 4 is 22.6 Å². The molecule has 0 spiro atoms. The van der Waals surface area contributed by atoms with E-state index in [1.165, 1.54) is 0 Å². The van der Waals surface area contributed by atoms with Gasteiger partial charge in [-0.25, -0.2) is 4.79 Å². The number of hydrogen-bond acceptors (Lipinski definition) is 4. The Hall–Kier alpha value is -2.80. The Kier molecular flexibility index (Phi) is 4.03. The van der Waals surface area contributed by atoms with E-state index in [0.717, 1.165) is 5.76 Å². The van der Waals surface area contributed by atoms with Gasteiger partial charge >= 0.3 is 5.69 Å². The second-order valence-corrected chi connectivity index (χ2v) is 5.50. The molecule has 0 saturated carbocycles. The highest BCUT2D eigenvalue weighted by Gasteiger charge is 2.19. The van der Waals surface area contributed by atoms with Crippen LogP contribution in [0, 0.1) is 0 Å². The number of carbonyl (C=O) groups excluding carboxylic acids is 1. The number of aromatic nitrogens is 2. The number of benzene rings is 1. The Morgan fingerprint density at radius 2 is 2.09 bits per heavy atom. The molecule has 1 aromatic carbocycles. The van der Waals surface area contributed by atoms with Crippen LogP contribution in [0.1, 0.15) is 12.7 Å². The van der Waals surface area contributed by atoms with Gasteiger partial charge in [-0.15, -0.1) is 0 Å². The number of carbonyl (C=O) groups is 1. The smallest absolute Gasteiger partial charge is 0.323 e. The fourth-order valence-corrected chi connectivity index (χ4v) is 2.34. The molecule has 0 unspecified atom stereocenters. The van der Waals surface area contributed by atoms with E-state index >= 15 is 0 Å². The van der Waals surface area contributed by atoms with Crippen molar-refractivity contribution in [1.29, 1.82) is 0 Å². The van der Waals surface area contributed by atoms with Gasteiger partial charge in [-0.3, -0.25) is 9.69 Å². The van der Waals surface area contributed by atoms with Gasteiger partial charge in [-0.05, 0) is 44.3 Å². The zero-order valence-corrected chi connectivity index (χ0v) is 12.9. The molecule has 0 aliphatic rings. The number of amides is 1. The van der Waals surface area contributed by atoms with Gasteiger partial charge in [0, 0.05) is 5.69 Å². The van der Waals surface area contributed by atoms with E-state index in [9.17, 15) is 9.59 Å². The summed E-state index contributed by atoms with van der Waals surface area (Å²) in [6.07, 6.45) is 1.61. The molecular formula is C16H18N4O3. The van der Waals surface area contributed by atoms with Gasteiger partial charge in [0.25, 0.3) is 0 Å². The lowest BCUT2D eigenvalue weighted by Crippen LogP contribution is -2.39. The summed E-state index contributed by atoms with van der Waals surface area (Å²) < 4.78 is 5.29. The minimum absolute atomic E-state index is 0.128. The van der Waals surface area contributed by atoms with Gasteiger partial charge < -0.3 is 19.7 Å². The molecular weight excluding hydrogens is 296 g/mol. The first kappa shape index (κ1) is 15.1. The molecule has 120 valence electrons. The van der Waals surface area contributed by atoms with E-state index < -0.39 is 0 Å². The number of fused-ring (bicyclic) bond motifs is 1. The lowest BCUT2D eigenvalue weighted by Gasteiger charge is -2.22. The van der Waals surface area contributed by atoms with Crippen LogP contribution in [-0.4, -0.2) is 33.9 Å². The Balaban J connectivity index is 1.67. The normalized spacial score (nSPS) is 12.7. The van der Waals surface area contributed by atoms with Crippen LogP contribution in [0.4, 0.5) is 5.69 Å². The summed E-state index contributed by atoms with van der Waals surface area (Å²) in [5, 5.41) is 2.86. The van der Waals surface area contributed by atoms with Crippen molar-refractivity contribution in [2.45, 2.75) is 19.5 Å². The number of hydrogen-bond donors (Lipinski definition) is 3. The van der Waals surface area contributed by atoms with Crippen LogP contribution >= 0.6 is 0 Å². The third-order valence-electron chi connectivity index (χ3n) is 3.81. The van der Waals surface area contributed by atoms with Crippen LogP contribution in [0.25, 0.3) is 11.0 Å². The number of anilines is 1. The van der Waals surface area contributed by atoms with Gasteiger partial charge in [0.05, 0.1) is 29.9 Å². The molecule has 0 saturated heterocycles. The van der Waals surface area contributed by atoms with Crippen molar-refractivity contribution in [3.8, 4) is 0 Å². The van der Waals surface area contributed by atoms with Gasteiger partial charge in [-0.2, -0.15) is 0 Å². The van der Waals surface area contributed by atoms with Crippen LogP contribution in [0.5, 0.6) is 0 Å². The second-order valence-electron chi connectivity index (χ2n) is 5.50. The molecule has 1 amide bonds. The van der Waals surface area contributed by atoms with E-state index in [1.54, 1.807) is 24.5 Å². The summed E-state index contributed by atoms with van der Waals surface area (Å²) >= 11 is 0. The largest absolute Gasteiger partial charge is 0.468 e. The zero-order chi connectivity index (χ0) is 16.4. The first-order chi connectivity index (χ1) is 11.0. The Morgan fingerprint density at radius 3 is 2.83 bits per heavy atom.